The Kier molecular flexibility index (Phi) is 6.35. The van der Waals surface area contributed by atoms with Crippen LogP contribution in [0.4, 0.5) is 19.0 Å². The van der Waals surface area contributed by atoms with Crippen LogP contribution in [-0.2, 0) is 11.0 Å². The van der Waals surface area contributed by atoms with Crippen molar-refractivity contribution < 1.29 is 27.9 Å². The van der Waals surface area contributed by atoms with Crippen molar-refractivity contribution in [1.29, 1.82) is 0 Å². The fourth-order valence-electron chi connectivity index (χ4n) is 3.13. The smallest absolute Gasteiger partial charge is 0.417 e. The molecule has 30 heavy (non-hydrogen) atoms. The van der Waals surface area contributed by atoms with E-state index in [2.05, 4.69) is 15.8 Å². The van der Waals surface area contributed by atoms with Crippen molar-refractivity contribution in [2.45, 2.75) is 19.0 Å². The number of aromatic hydroxyl groups is 1. The molecular weight excluding hydrogens is 425 g/mol. The first-order valence-corrected chi connectivity index (χ1v) is 9.40. The molecule has 1 aromatic carbocycles. The average molecular weight is 443 g/mol. The topological polar surface area (TPSA) is 94.6 Å². The standard InChI is InChI=1S/C19H18ClF3N4O3/c20-14-9-12(19(21,22)23)10-24-16(14)27-7-5-11(6-8-27)17(29)25-26-18(30)13-3-1-2-4-15(13)28/h1-4,9-11,28H,5-8H2,(H,25,29)(H,26,30). The van der Waals surface area contributed by atoms with Gasteiger partial charge in [-0.05, 0) is 31.0 Å². The van der Waals surface area contributed by atoms with Crippen LogP contribution in [0.3, 0.4) is 0 Å². The highest BCUT2D eigenvalue weighted by Gasteiger charge is 2.33. The lowest BCUT2D eigenvalue weighted by Gasteiger charge is -2.32. The largest absolute Gasteiger partial charge is 0.507 e. The number of aromatic nitrogens is 1. The number of hydrazine groups is 1. The maximum Gasteiger partial charge on any atom is 0.417 e. The SMILES string of the molecule is O=C(NNC(=O)C1CCN(c2ncc(C(F)(F)F)cc2Cl)CC1)c1ccccc1O. The van der Waals surface area contributed by atoms with E-state index < -0.39 is 29.5 Å². The second kappa shape index (κ2) is 8.78. The number of rotatable bonds is 3. The minimum atomic E-state index is -4.53. The van der Waals surface area contributed by atoms with Crippen LogP contribution in [0.2, 0.25) is 5.02 Å². The fourth-order valence-corrected chi connectivity index (χ4v) is 3.41. The molecule has 11 heteroatoms. The van der Waals surface area contributed by atoms with Gasteiger partial charge in [0.1, 0.15) is 11.6 Å². The van der Waals surface area contributed by atoms with E-state index in [0.717, 1.165) is 12.3 Å². The van der Waals surface area contributed by atoms with Crippen LogP contribution in [0.1, 0.15) is 28.8 Å². The lowest BCUT2D eigenvalue weighted by Crippen LogP contribution is -2.47. The molecule has 0 spiro atoms. The zero-order valence-corrected chi connectivity index (χ0v) is 16.3. The molecular formula is C19H18ClF3N4O3. The van der Waals surface area contributed by atoms with Crippen molar-refractivity contribution in [3.05, 3.63) is 52.7 Å². The van der Waals surface area contributed by atoms with Gasteiger partial charge in [-0.25, -0.2) is 4.98 Å². The minimum Gasteiger partial charge on any atom is -0.507 e. The van der Waals surface area contributed by atoms with Gasteiger partial charge < -0.3 is 10.0 Å². The van der Waals surface area contributed by atoms with Gasteiger partial charge in [-0.3, -0.25) is 20.4 Å². The third-order valence-corrected chi connectivity index (χ3v) is 5.04. The number of carbonyl (C=O) groups is 2. The molecule has 2 aromatic rings. The van der Waals surface area contributed by atoms with Gasteiger partial charge in [0.2, 0.25) is 5.91 Å². The minimum absolute atomic E-state index is 0.0237. The Morgan fingerprint density at radius 3 is 2.43 bits per heavy atom. The molecule has 0 bridgehead atoms. The molecule has 1 aliphatic heterocycles. The van der Waals surface area contributed by atoms with E-state index in [1.54, 1.807) is 17.0 Å². The molecule has 0 aliphatic carbocycles. The predicted octanol–water partition coefficient (Wildman–Crippen LogP) is 3.14. The summed E-state index contributed by atoms with van der Waals surface area (Å²) in [5, 5.41) is 9.55. The number of hydrogen-bond donors (Lipinski definition) is 3. The summed E-state index contributed by atoms with van der Waals surface area (Å²) in [5.74, 6) is -1.43. The Morgan fingerprint density at radius 2 is 1.83 bits per heavy atom. The van der Waals surface area contributed by atoms with Crippen LogP contribution in [0.15, 0.2) is 36.5 Å². The van der Waals surface area contributed by atoms with Gasteiger partial charge in [0.25, 0.3) is 5.91 Å². The molecule has 160 valence electrons. The molecule has 0 unspecified atom stereocenters. The molecule has 1 fully saturated rings. The molecule has 0 atom stereocenters. The van der Waals surface area contributed by atoms with Gasteiger partial charge >= 0.3 is 6.18 Å². The Labute approximate surface area is 174 Å². The number of alkyl halides is 3. The number of phenolic OH excluding ortho intramolecular Hbond substituents is 1. The number of amides is 2. The summed E-state index contributed by atoms with van der Waals surface area (Å²) in [6.45, 7) is 0.729. The molecule has 3 N–H and O–H groups in total. The zero-order chi connectivity index (χ0) is 21.9. The zero-order valence-electron chi connectivity index (χ0n) is 15.5. The first-order chi connectivity index (χ1) is 14.2. The molecule has 1 aromatic heterocycles. The number of halogens is 4. The Balaban J connectivity index is 1.53. The molecule has 2 amide bonds. The number of para-hydroxylation sites is 1. The summed E-state index contributed by atoms with van der Waals surface area (Å²) in [7, 11) is 0. The molecule has 1 aliphatic rings. The number of benzene rings is 1. The first kappa shape index (κ1) is 21.7. The third kappa shape index (κ3) is 4.93. The van der Waals surface area contributed by atoms with E-state index in [1.165, 1.54) is 12.1 Å². The van der Waals surface area contributed by atoms with Gasteiger partial charge in [-0.1, -0.05) is 23.7 Å². The molecule has 2 heterocycles. The van der Waals surface area contributed by atoms with Crippen molar-refractivity contribution in [1.82, 2.24) is 15.8 Å². The van der Waals surface area contributed by atoms with Crippen LogP contribution >= 0.6 is 11.6 Å². The first-order valence-electron chi connectivity index (χ1n) is 9.02. The number of piperidine rings is 1. The van der Waals surface area contributed by atoms with Crippen LogP contribution in [0.5, 0.6) is 5.75 Å². The second-order valence-corrected chi connectivity index (χ2v) is 7.16. The number of anilines is 1. The third-order valence-electron chi connectivity index (χ3n) is 4.76. The summed E-state index contributed by atoms with van der Waals surface area (Å²) >= 11 is 5.97. The molecule has 7 nitrogen and oxygen atoms in total. The van der Waals surface area contributed by atoms with Crippen LogP contribution in [0.25, 0.3) is 0 Å². The highest BCUT2D eigenvalue weighted by atomic mass is 35.5. The van der Waals surface area contributed by atoms with E-state index >= 15 is 0 Å². The quantitative estimate of drug-likeness (QED) is 0.635. The second-order valence-electron chi connectivity index (χ2n) is 6.75. The number of nitrogens with zero attached hydrogens (tertiary/aromatic N) is 2. The highest BCUT2D eigenvalue weighted by molar-refractivity contribution is 6.33. The van der Waals surface area contributed by atoms with Gasteiger partial charge in [-0.15, -0.1) is 0 Å². The van der Waals surface area contributed by atoms with Crippen molar-refractivity contribution in [2.24, 2.45) is 5.92 Å². The lowest BCUT2D eigenvalue weighted by atomic mass is 9.96. The fraction of sp³-hybridized carbons (Fsp3) is 0.316. The lowest BCUT2D eigenvalue weighted by molar-refractivity contribution is -0.137. The summed E-state index contributed by atoms with van der Waals surface area (Å²) < 4.78 is 38.2. The van der Waals surface area contributed by atoms with Crippen LogP contribution < -0.4 is 15.8 Å². The number of carbonyl (C=O) groups excluding carboxylic acids is 2. The number of nitrogens with one attached hydrogen (secondary N) is 2. The van der Waals surface area contributed by atoms with Crippen molar-refractivity contribution in [3.8, 4) is 5.75 Å². The average Bonchev–Trinajstić information content (AvgIpc) is 2.71. The highest BCUT2D eigenvalue weighted by Crippen LogP contribution is 2.34. The van der Waals surface area contributed by atoms with Crippen LogP contribution in [-0.4, -0.2) is 35.0 Å². The summed E-state index contributed by atoms with van der Waals surface area (Å²) in [5.41, 5.74) is 3.69. The van der Waals surface area contributed by atoms with Crippen molar-refractivity contribution in [2.75, 3.05) is 18.0 Å². The van der Waals surface area contributed by atoms with Crippen LogP contribution in [0, 0.1) is 5.92 Å². The van der Waals surface area contributed by atoms with E-state index in [1.807, 2.05) is 0 Å². The Hall–Kier alpha value is -3.01. The van der Waals surface area contributed by atoms with Gasteiger partial charge in [0, 0.05) is 25.2 Å². The summed E-state index contributed by atoms with van der Waals surface area (Å²) in [6.07, 6.45) is -3.00. The monoisotopic (exact) mass is 442 g/mol. The maximum absolute atomic E-state index is 12.7. The van der Waals surface area contributed by atoms with Gasteiger partial charge in [-0.2, -0.15) is 13.2 Å². The Morgan fingerprint density at radius 1 is 1.17 bits per heavy atom. The predicted molar refractivity (Wildman–Crippen MR) is 103 cm³/mol. The number of hydrogen-bond acceptors (Lipinski definition) is 5. The molecule has 3 rings (SSSR count). The summed E-state index contributed by atoms with van der Waals surface area (Å²) in [6, 6.07) is 6.74. The van der Waals surface area contributed by atoms with Crippen molar-refractivity contribution >= 4 is 29.2 Å². The van der Waals surface area contributed by atoms with E-state index in [9.17, 15) is 27.9 Å². The molecule has 0 saturated carbocycles. The van der Waals surface area contributed by atoms with E-state index in [4.69, 9.17) is 11.6 Å². The normalized spacial score (nSPS) is 15.0. The number of pyridine rings is 1. The summed E-state index contributed by atoms with van der Waals surface area (Å²) in [4.78, 5) is 29.9. The van der Waals surface area contributed by atoms with E-state index in [-0.39, 0.29) is 22.2 Å². The Bertz CT molecular complexity index is 947. The maximum atomic E-state index is 12.7. The van der Waals surface area contributed by atoms with E-state index in [0.29, 0.717) is 25.9 Å². The number of phenols is 1. The molecule has 0 radical (unpaired) electrons. The van der Waals surface area contributed by atoms with Gasteiger partial charge in [0.15, 0.2) is 0 Å². The van der Waals surface area contributed by atoms with Gasteiger partial charge in [0.05, 0.1) is 16.1 Å². The van der Waals surface area contributed by atoms with Crippen molar-refractivity contribution in [3.63, 3.8) is 0 Å². The molecule has 1 saturated heterocycles.